The fourth-order valence-corrected chi connectivity index (χ4v) is 3.23. The van der Waals surface area contributed by atoms with Gasteiger partial charge in [-0.1, -0.05) is 70.4 Å². The predicted molar refractivity (Wildman–Crippen MR) is 137 cm³/mol. The molecule has 0 unspecified atom stereocenters. The van der Waals surface area contributed by atoms with Gasteiger partial charge in [0.25, 0.3) is 0 Å². The lowest BCUT2D eigenvalue weighted by Crippen LogP contribution is -2.37. The SMILES string of the molecule is CCCCCCCCC=CCCCCCCCC(=O)NCCC[N+](C)(C)C.COS(=O)(=O)[O-]. The molecule has 0 rings (SSSR count). The first-order valence-electron chi connectivity index (χ1n) is 12.8. The molecule has 0 aliphatic rings. The number of nitrogens with one attached hydrogen (secondary N) is 1. The molecule has 0 heterocycles. The third-order valence-corrected chi connectivity index (χ3v) is 5.61. The van der Waals surface area contributed by atoms with Gasteiger partial charge in [0, 0.05) is 19.4 Å². The van der Waals surface area contributed by atoms with Crippen molar-refractivity contribution in [1.82, 2.24) is 5.32 Å². The summed E-state index contributed by atoms with van der Waals surface area (Å²) in [5.74, 6) is 0.231. The van der Waals surface area contributed by atoms with Gasteiger partial charge in [0.1, 0.15) is 0 Å². The Morgan fingerprint density at radius 3 is 1.76 bits per heavy atom. The van der Waals surface area contributed by atoms with Crippen molar-refractivity contribution in [2.24, 2.45) is 0 Å². The Morgan fingerprint density at radius 2 is 1.30 bits per heavy atom. The van der Waals surface area contributed by atoms with Crippen molar-refractivity contribution in [3.8, 4) is 0 Å². The van der Waals surface area contributed by atoms with Gasteiger partial charge < -0.3 is 14.4 Å². The van der Waals surface area contributed by atoms with Crippen molar-refractivity contribution < 1.29 is 26.4 Å². The van der Waals surface area contributed by atoms with Crippen LogP contribution in [0.1, 0.15) is 103 Å². The van der Waals surface area contributed by atoms with Gasteiger partial charge in [-0.3, -0.25) is 8.98 Å². The summed E-state index contributed by atoms with van der Waals surface area (Å²) in [6.45, 7) is 4.20. The van der Waals surface area contributed by atoms with Crippen LogP contribution < -0.4 is 5.32 Å². The fraction of sp³-hybridized carbons (Fsp3) is 0.880. The summed E-state index contributed by atoms with van der Waals surface area (Å²) in [6.07, 6.45) is 23.4. The first-order chi connectivity index (χ1) is 15.5. The fourth-order valence-electron chi connectivity index (χ4n) is 3.23. The molecular weight excluding hydrogens is 440 g/mol. The van der Waals surface area contributed by atoms with E-state index >= 15 is 0 Å². The third-order valence-electron chi connectivity index (χ3n) is 5.20. The lowest BCUT2D eigenvalue weighted by atomic mass is 10.1. The van der Waals surface area contributed by atoms with Gasteiger partial charge in [-0.2, -0.15) is 0 Å². The molecule has 0 aromatic rings. The number of allylic oxidation sites excluding steroid dienone is 2. The molecule has 0 atom stereocenters. The van der Waals surface area contributed by atoms with E-state index in [1.54, 1.807) is 0 Å². The number of amides is 1. The first-order valence-corrected chi connectivity index (χ1v) is 14.1. The van der Waals surface area contributed by atoms with Crippen LogP contribution in [0.15, 0.2) is 12.2 Å². The van der Waals surface area contributed by atoms with E-state index in [0.29, 0.717) is 6.42 Å². The second kappa shape index (κ2) is 22.8. The first kappa shape index (κ1) is 34.2. The van der Waals surface area contributed by atoms with E-state index in [2.05, 4.69) is 49.7 Å². The maximum absolute atomic E-state index is 11.8. The number of carbonyl (C=O) groups excluding carboxylic acids is 1. The minimum absolute atomic E-state index is 0.231. The van der Waals surface area contributed by atoms with E-state index in [9.17, 15) is 17.8 Å². The Bertz CT molecular complexity index is 572. The van der Waals surface area contributed by atoms with E-state index in [1.165, 1.54) is 77.0 Å². The highest BCUT2D eigenvalue weighted by atomic mass is 32.3. The summed E-state index contributed by atoms with van der Waals surface area (Å²) in [5, 5.41) is 3.05. The summed E-state index contributed by atoms with van der Waals surface area (Å²) >= 11 is 0. The Balaban J connectivity index is 0. The van der Waals surface area contributed by atoms with Crippen molar-refractivity contribution in [3.63, 3.8) is 0 Å². The van der Waals surface area contributed by atoms with Gasteiger partial charge in [0.05, 0.1) is 34.8 Å². The predicted octanol–water partition coefficient (Wildman–Crippen LogP) is 5.33. The summed E-state index contributed by atoms with van der Waals surface area (Å²) in [5.41, 5.74) is 0. The molecule has 0 fully saturated rings. The topological polar surface area (TPSA) is 95.5 Å². The van der Waals surface area contributed by atoms with Crippen molar-refractivity contribution >= 4 is 16.3 Å². The van der Waals surface area contributed by atoms with Gasteiger partial charge in [-0.15, -0.1) is 0 Å². The second-order valence-electron chi connectivity index (χ2n) is 9.63. The number of quaternary nitrogens is 1. The van der Waals surface area contributed by atoms with Crippen LogP contribution in [0.2, 0.25) is 0 Å². The quantitative estimate of drug-likeness (QED) is 0.0815. The number of unbranched alkanes of at least 4 members (excludes halogenated alkanes) is 11. The number of nitrogens with zero attached hydrogens (tertiary/aromatic N) is 1. The van der Waals surface area contributed by atoms with E-state index in [-0.39, 0.29) is 5.91 Å². The minimum Gasteiger partial charge on any atom is -0.726 e. The zero-order valence-electron chi connectivity index (χ0n) is 22.1. The number of hydrogen-bond donors (Lipinski definition) is 1. The molecule has 0 saturated carbocycles. The Hall–Kier alpha value is -0.960. The Labute approximate surface area is 204 Å². The zero-order chi connectivity index (χ0) is 25.4. The third kappa shape index (κ3) is 35.8. The van der Waals surface area contributed by atoms with E-state index in [0.717, 1.165) is 37.5 Å². The average molecular weight is 493 g/mol. The lowest BCUT2D eigenvalue weighted by Gasteiger charge is -2.23. The van der Waals surface area contributed by atoms with Crippen LogP contribution in [0.5, 0.6) is 0 Å². The van der Waals surface area contributed by atoms with Gasteiger partial charge in [0.15, 0.2) is 0 Å². The molecule has 7 nitrogen and oxygen atoms in total. The van der Waals surface area contributed by atoms with Crippen LogP contribution in [-0.2, 0) is 19.4 Å². The summed E-state index contributed by atoms with van der Waals surface area (Å²) in [4.78, 5) is 11.8. The molecule has 0 aliphatic heterocycles. The molecule has 198 valence electrons. The molecule has 0 spiro atoms. The minimum atomic E-state index is -4.41. The lowest BCUT2D eigenvalue weighted by molar-refractivity contribution is -0.870. The summed E-state index contributed by atoms with van der Waals surface area (Å²) in [6, 6.07) is 0. The number of carbonyl (C=O) groups is 1. The second-order valence-corrected chi connectivity index (χ2v) is 10.8. The number of rotatable bonds is 20. The van der Waals surface area contributed by atoms with Crippen molar-refractivity contribution in [2.45, 2.75) is 103 Å². The van der Waals surface area contributed by atoms with Crippen LogP contribution in [0.4, 0.5) is 0 Å². The van der Waals surface area contributed by atoms with Crippen LogP contribution in [0.3, 0.4) is 0 Å². The van der Waals surface area contributed by atoms with E-state index in [1.807, 2.05) is 0 Å². The average Bonchev–Trinajstić information content (AvgIpc) is 2.73. The van der Waals surface area contributed by atoms with Gasteiger partial charge in [-0.25, -0.2) is 8.42 Å². The van der Waals surface area contributed by atoms with Gasteiger partial charge in [0.2, 0.25) is 16.3 Å². The van der Waals surface area contributed by atoms with E-state index in [4.69, 9.17) is 0 Å². The molecule has 0 radical (unpaired) electrons. The molecule has 0 aromatic heterocycles. The molecule has 1 N–H and O–H groups in total. The van der Waals surface area contributed by atoms with Crippen molar-refractivity contribution in [3.05, 3.63) is 12.2 Å². The van der Waals surface area contributed by atoms with Crippen molar-refractivity contribution in [2.75, 3.05) is 41.3 Å². The molecule has 0 saturated heterocycles. The molecule has 8 heteroatoms. The van der Waals surface area contributed by atoms with Crippen molar-refractivity contribution in [1.29, 1.82) is 0 Å². The summed E-state index contributed by atoms with van der Waals surface area (Å²) < 4.78 is 32.0. The molecule has 33 heavy (non-hydrogen) atoms. The smallest absolute Gasteiger partial charge is 0.219 e. The largest absolute Gasteiger partial charge is 0.726 e. The highest BCUT2D eigenvalue weighted by Crippen LogP contribution is 2.10. The highest BCUT2D eigenvalue weighted by Gasteiger charge is 2.06. The van der Waals surface area contributed by atoms with Crippen LogP contribution in [0.25, 0.3) is 0 Å². The van der Waals surface area contributed by atoms with E-state index < -0.39 is 10.4 Å². The van der Waals surface area contributed by atoms with Crippen LogP contribution in [-0.4, -0.2) is 64.7 Å². The van der Waals surface area contributed by atoms with Gasteiger partial charge >= 0.3 is 0 Å². The van der Waals surface area contributed by atoms with Crippen LogP contribution >= 0.6 is 0 Å². The highest BCUT2D eigenvalue weighted by molar-refractivity contribution is 7.80. The molecule has 1 amide bonds. The monoisotopic (exact) mass is 492 g/mol. The molecule has 0 aliphatic carbocycles. The molecule has 0 bridgehead atoms. The van der Waals surface area contributed by atoms with Gasteiger partial charge in [-0.05, 0) is 32.1 Å². The van der Waals surface area contributed by atoms with Crippen LogP contribution in [0, 0.1) is 0 Å². The Morgan fingerprint density at radius 1 is 0.848 bits per heavy atom. The number of hydrogen-bond acceptors (Lipinski definition) is 5. The summed E-state index contributed by atoms with van der Waals surface area (Å²) in [7, 11) is 2.96. The Kier molecular flexibility index (Phi) is 23.6. The normalized spacial score (nSPS) is 11.9. The maximum Gasteiger partial charge on any atom is 0.219 e. The molecular formula is C25H52N2O5S. The standard InChI is InChI=1S/C24H48N2O.CH4O4S/c1-5-6-7-8-9-10-11-12-13-14-15-16-17-18-19-21-24(27)25-22-20-23-26(2,3)4;1-5-6(2,3)4/h12-13H,5-11,14-23H2,1-4H3;1H3,(H,2,3,4). The molecule has 0 aromatic carbocycles. The zero-order valence-corrected chi connectivity index (χ0v) is 22.9. The maximum atomic E-state index is 11.8.